The Bertz CT molecular complexity index is 1640. The molecule has 0 bridgehead atoms. The van der Waals surface area contributed by atoms with E-state index in [9.17, 15) is 18.0 Å². The number of esters is 2. The molecule has 1 N–H and O–H groups in total. The summed E-state index contributed by atoms with van der Waals surface area (Å²) < 4.78 is 56.5. The predicted molar refractivity (Wildman–Crippen MR) is 160 cm³/mol. The van der Waals surface area contributed by atoms with E-state index >= 15 is 0 Å². The summed E-state index contributed by atoms with van der Waals surface area (Å²) in [5, 5.41) is 0. The lowest BCUT2D eigenvalue weighted by molar-refractivity contribution is -0.222. The number of nitrogens with zero attached hydrogens (tertiary/aromatic N) is 2. The van der Waals surface area contributed by atoms with Gasteiger partial charge in [-0.25, -0.2) is 23.0 Å². The number of ether oxygens (including phenoxy) is 5. The van der Waals surface area contributed by atoms with Crippen molar-refractivity contribution in [3.05, 3.63) is 72.1 Å². The number of nitrogens with one attached hydrogen (secondary N) is 1. The minimum Gasteiger partial charge on any atom is -0.497 e. The third kappa shape index (κ3) is 8.04. The maximum atomic E-state index is 13.4. The molecular weight excluding hydrogens is 590 g/mol. The molecule has 4 rings (SSSR count). The number of unbranched alkanes of at least 4 members (excludes halogenated alkanes) is 1. The summed E-state index contributed by atoms with van der Waals surface area (Å²) in [4.78, 5) is 32.7. The first-order valence-corrected chi connectivity index (χ1v) is 15.3. The number of methoxy groups -OCH3 is 1. The summed E-state index contributed by atoms with van der Waals surface area (Å²) in [6, 6.07) is 13.3. The van der Waals surface area contributed by atoms with Gasteiger partial charge in [-0.15, -0.1) is 0 Å². The molecule has 3 aromatic rings. The number of hydrogen-bond acceptors (Lipinski definition) is 11. The predicted octanol–water partition coefficient (Wildman–Crippen LogP) is 5.30. The van der Waals surface area contributed by atoms with Crippen LogP contribution in [0.2, 0.25) is 0 Å². The van der Waals surface area contributed by atoms with Gasteiger partial charge in [-0.2, -0.15) is 4.98 Å². The SMILES string of the molecule is COc1cccc(Oc2c(NS(=O)(=O)c3ccc(C(C)(C)C)cc3)ncnc2OCCCC=C2C(=O)OC(C)(C)OC2=O)c1. The molecule has 2 aromatic carbocycles. The zero-order chi connectivity index (χ0) is 32.1. The molecule has 13 heteroatoms. The highest BCUT2D eigenvalue weighted by Gasteiger charge is 2.38. The molecule has 0 atom stereocenters. The Morgan fingerprint density at radius 2 is 1.64 bits per heavy atom. The van der Waals surface area contributed by atoms with Crippen LogP contribution >= 0.6 is 0 Å². The molecular formula is C31H35N3O9S. The van der Waals surface area contributed by atoms with Crippen LogP contribution in [0.1, 0.15) is 53.0 Å². The summed E-state index contributed by atoms with van der Waals surface area (Å²) >= 11 is 0. The molecule has 1 aliphatic rings. The fourth-order valence-corrected chi connectivity index (χ4v) is 5.07. The Morgan fingerprint density at radius 1 is 0.977 bits per heavy atom. The molecule has 1 fully saturated rings. The van der Waals surface area contributed by atoms with E-state index in [2.05, 4.69) is 14.7 Å². The summed E-state index contributed by atoms with van der Waals surface area (Å²) in [5.41, 5.74) is 0.636. The van der Waals surface area contributed by atoms with Gasteiger partial charge in [0.25, 0.3) is 21.7 Å². The molecule has 0 saturated carbocycles. The van der Waals surface area contributed by atoms with Gasteiger partial charge in [0.2, 0.25) is 5.75 Å². The maximum absolute atomic E-state index is 13.4. The molecule has 44 heavy (non-hydrogen) atoms. The number of aromatic nitrogens is 2. The highest BCUT2D eigenvalue weighted by molar-refractivity contribution is 7.92. The largest absolute Gasteiger partial charge is 0.497 e. The molecule has 234 valence electrons. The maximum Gasteiger partial charge on any atom is 0.348 e. The second-order valence-corrected chi connectivity index (χ2v) is 13.0. The molecule has 0 radical (unpaired) electrons. The first-order valence-electron chi connectivity index (χ1n) is 13.8. The van der Waals surface area contributed by atoms with Gasteiger partial charge in [0.1, 0.15) is 23.4 Å². The standard InChI is InChI=1S/C31H35N3O9S/c1-30(2,3)20-13-15-23(16-14-20)44(37,38)34-26-25(41-22-11-9-10-21(18-22)39-6)27(33-19-32-26)40-17-8-7-12-24-28(35)42-31(4,5)43-29(24)36/h9-16,18-19H,7-8,17H2,1-6H3,(H,32,33,34). The first kappa shape index (κ1) is 32.3. The Balaban J connectivity index is 1.55. The lowest BCUT2D eigenvalue weighted by Crippen LogP contribution is -2.41. The van der Waals surface area contributed by atoms with Crippen molar-refractivity contribution in [2.45, 2.75) is 63.6 Å². The van der Waals surface area contributed by atoms with E-state index in [-0.39, 0.29) is 46.4 Å². The molecule has 1 aromatic heterocycles. The van der Waals surface area contributed by atoms with E-state index in [4.69, 9.17) is 23.7 Å². The fourth-order valence-electron chi connectivity index (χ4n) is 4.05. The zero-order valence-corrected chi connectivity index (χ0v) is 26.2. The van der Waals surface area contributed by atoms with Crippen LogP contribution in [0.3, 0.4) is 0 Å². The second-order valence-electron chi connectivity index (χ2n) is 11.3. The number of hydrogen-bond donors (Lipinski definition) is 1. The molecule has 1 saturated heterocycles. The summed E-state index contributed by atoms with van der Waals surface area (Å²) in [6.07, 6.45) is 3.20. The van der Waals surface area contributed by atoms with Crippen LogP contribution in [-0.4, -0.2) is 49.8 Å². The van der Waals surface area contributed by atoms with Gasteiger partial charge in [0.05, 0.1) is 18.6 Å². The Kier molecular flexibility index (Phi) is 9.47. The van der Waals surface area contributed by atoms with Crippen LogP contribution in [0, 0.1) is 0 Å². The quantitative estimate of drug-likeness (QED) is 0.128. The van der Waals surface area contributed by atoms with Crippen LogP contribution < -0.4 is 18.9 Å². The van der Waals surface area contributed by atoms with Gasteiger partial charge < -0.3 is 23.7 Å². The van der Waals surface area contributed by atoms with E-state index in [1.807, 2.05) is 20.8 Å². The lowest BCUT2D eigenvalue weighted by Gasteiger charge is -2.29. The van der Waals surface area contributed by atoms with Crippen LogP contribution in [0.15, 0.2) is 71.4 Å². The fraction of sp³-hybridized carbons (Fsp3) is 0.355. The average Bonchev–Trinajstić information content (AvgIpc) is 2.94. The second kappa shape index (κ2) is 12.9. The lowest BCUT2D eigenvalue weighted by atomic mass is 9.87. The number of allylic oxidation sites excluding steroid dienone is 1. The van der Waals surface area contributed by atoms with Gasteiger partial charge in [0.15, 0.2) is 5.82 Å². The molecule has 0 aliphatic carbocycles. The van der Waals surface area contributed by atoms with Gasteiger partial charge in [0, 0.05) is 19.9 Å². The van der Waals surface area contributed by atoms with Crippen molar-refractivity contribution >= 4 is 27.8 Å². The zero-order valence-electron chi connectivity index (χ0n) is 25.4. The normalized spacial score (nSPS) is 14.7. The third-order valence-electron chi connectivity index (χ3n) is 6.35. The highest BCUT2D eigenvalue weighted by atomic mass is 32.2. The first-order chi connectivity index (χ1) is 20.7. The van der Waals surface area contributed by atoms with Crippen molar-refractivity contribution in [1.82, 2.24) is 9.97 Å². The number of sulfonamides is 1. The molecule has 0 spiro atoms. The number of rotatable bonds is 11. The van der Waals surface area contributed by atoms with Crippen molar-refractivity contribution in [2.24, 2.45) is 0 Å². The van der Waals surface area contributed by atoms with Gasteiger partial charge >= 0.3 is 11.9 Å². The van der Waals surface area contributed by atoms with Gasteiger partial charge in [-0.05, 0) is 48.1 Å². The monoisotopic (exact) mass is 625 g/mol. The topological polar surface area (TPSA) is 152 Å². The number of anilines is 1. The Morgan fingerprint density at radius 3 is 2.27 bits per heavy atom. The van der Waals surface area contributed by atoms with Crippen molar-refractivity contribution in [1.29, 1.82) is 0 Å². The number of benzene rings is 2. The highest BCUT2D eigenvalue weighted by Crippen LogP contribution is 2.38. The Labute approximate surface area is 256 Å². The summed E-state index contributed by atoms with van der Waals surface area (Å²) in [7, 11) is -2.57. The van der Waals surface area contributed by atoms with E-state index in [1.165, 1.54) is 39.2 Å². The van der Waals surface area contributed by atoms with Gasteiger partial charge in [-0.3, -0.25) is 4.72 Å². The van der Waals surface area contributed by atoms with Crippen molar-refractivity contribution in [3.8, 4) is 23.1 Å². The molecule has 2 heterocycles. The van der Waals surface area contributed by atoms with E-state index in [0.29, 0.717) is 17.9 Å². The number of carbonyl (C=O) groups excluding carboxylic acids is 2. The summed E-state index contributed by atoms with van der Waals surface area (Å²) in [5.74, 6) is -2.26. The molecule has 1 aliphatic heterocycles. The number of cyclic esters (lactones) is 2. The minimum atomic E-state index is -4.08. The smallest absolute Gasteiger partial charge is 0.348 e. The van der Waals surface area contributed by atoms with Crippen LogP contribution in [0.5, 0.6) is 23.1 Å². The van der Waals surface area contributed by atoms with E-state index in [0.717, 1.165) is 11.9 Å². The van der Waals surface area contributed by atoms with Crippen LogP contribution in [-0.2, 0) is 34.5 Å². The van der Waals surface area contributed by atoms with Gasteiger partial charge in [-0.1, -0.05) is 45.0 Å². The molecule has 0 amide bonds. The van der Waals surface area contributed by atoms with Crippen LogP contribution in [0.4, 0.5) is 5.82 Å². The molecule has 0 unspecified atom stereocenters. The minimum absolute atomic E-state index is 0.0329. The van der Waals surface area contributed by atoms with Crippen molar-refractivity contribution in [2.75, 3.05) is 18.4 Å². The third-order valence-corrected chi connectivity index (χ3v) is 7.70. The number of carbonyl (C=O) groups is 2. The van der Waals surface area contributed by atoms with E-state index < -0.39 is 27.7 Å². The summed E-state index contributed by atoms with van der Waals surface area (Å²) in [6.45, 7) is 9.12. The van der Waals surface area contributed by atoms with Crippen molar-refractivity contribution < 1.29 is 41.7 Å². The average molecular weight is 626 g/mol. The van der Waals surface area contributed by atoms with Crippen LogP contribution in [0.25, 0.3) is 0 Å². The molecule has 12 nitrogen and oxygen atoms in total. The van der Waals surface area contributed by atoms with E-state index in [1.54, 1.807) is 36.4 Å². The Hall–Kier alpha value is -4.65. The van der Waals surface area contributed by atoms with Crippen molar-refractivity contribution in [3.63, 3.8) is 0 Å².